The summed E-state index contributed by atoms with van der Waals surface area (Å²) in [6, 6.07) is 9.70. The van der Waals surface area contributed by atoms with E-state index < -0.39 is 0 Å². The van der Waals surface area contributed by atoms with Gasteiger partial charge in [-0.15, -0.1) is 0 Å². The van der Waals surface area contributed by atoms with Gasteiger partial charge < -0.3 is 10.6 Å². The SMILES string of the molecule is CCC1(C(=O)Nc2ccccc2)CCNCC1. The Kier molecular flexibility index (Phi) is 3.79. The lowest BCUT2D eigenvalue weighted by atomic mass is 9.76. The molecule has 1 aromatic rings. The maximum Gasteiger partial charge on any atom is 0.230 e. The fourth-order valence-electron chi connectivity index (χ4n) is 2.43. The predicted octanol–water partition coefficient (Wildman–Crippen LogP) is 2.40. The third-order valence-electron chi connectivity index (χ3n) is 3.75. The number of anilines is 1. The first kappa shape index (κ1) is 12.1. The Hall–Kier alpha value is -1.35. The predicted molar refractivity (Wildman–Crippen MR) is 69.9 cm³/mol. The molecule has 2 N–H and O–H groups in total. The number of benzene rings is 1. The molecule has 0 atom stereocenters. The number of carbonyl (C=O) groups is 1. The zero-order chi connectivity index (χ0) is 12.1. The van der Waals surface area contributed by atoms with Crippen LogP contribution < -0.4 is 10.6 Å². The molecule has 17 heavy (non-hydrogen) atoms. The second-order valence-electron chi connectivity index (χ2n) is 4.70. The van der Waals surface area contributed by atoms with Crippen molar-refractivity contribution in [2.24, 2.45) is 5.41 Å². The van der Waals surface area contributed by atoms with E-state index in [0.29, 0.717) is 0 Å². The standard InChI is InChI=1S/C14H20N2O/c1-2-14(8-10-15-11-9-14)13(17)16-12-6-4-3-5-7-12/h3-7,15H,2,8-11H2,1H3,(H,16,17). The normalized spacial score (nSPS) is 18.6. The number of hydrogen-bond acceptors (Lipinski definition) is 2. The number of para-hydroxylation sites is 1. The Morgan fingerprint density at radius 3 is 2.53 bits per heavy atom. The molecule has 0 radical (unpaired) electrons. The molecule has 1 saturated heterocycles. The molecule has 1 aliphatic heterocycles. The number of nitrogens with one attached hydrogen (secondary N) is 2. The Balaban J connectivity index is 2.07. The van der Waals surface area contributed by atoms with Gasteiger partial charge in [0.25, 0.3) is 0 Å². The number of amides is 1. The minimum Gasteiger partial charge on any atom is -0.326 e. The Morgan fingerprint density at radius 1 is 1.29 bits per heavy atom. The summed E-state index contributed by atoms with van der Waals surface area (Å²) < 4.78 is 0. The van der Waals surface area contributed by atoms with E-state index in [1.807, 2.05) is 30.3 Å². The molecule has 0 unspecified atom stereocenters. The van der Waals surface area contributed by atoms with Crippen molar-refractivity contribution in [2.75, 3.05) is 18.4 Å². The number of piperidine rings is 1. The van der Waals surface area contributed by atoms with E-state index in [0.717, 1.165) is 38.0 Å². The van der Waals surface area contributed by atoms with Crippen molar-refractivity contribution in [3.8, 4) is 0 Å². The van der Waals surface area contributed by atoms with Crippen molar-refractivity contribution >= 4 is 11.6 Å². The van der Waals surface area contributed by atoms with Crippen LogP contribution in [-0.2, 0) is 4.79 Å². The molecule has 92 valence electrons. The summed E-state index contributed by atoms with van der Waals surface area (Å²) in [6.07, 6.45) is 2.78. The van der Waals surface area contributed by atoms with E-state index in [1.54, 1.807) is 0 Å². The van der Waals surface area contributed by atoms with E-state index in [9.17, 15) is 4.79 Å². The van der Waals surface area contributed by atoms with Crippen LogP contribution in [-0.4, -0.2) is 19.0 Å². The van der Waals surface area contributed by atoms with E-state index in [-0.39, 0.29) is 11.3 Å². The van der Waals surface area contributed by atoms with Crippen LogP contribution in [0.5, 0.6) is 0 Å². The van der Waals surface area contributed by atoms with Crippen LogP contribution in [0.4, 0.5) is 5.69 Å². The molecule has 1 aromatic carbocycles. The second-order valence-corrected chi connectivity index (χ2v) is 4.70. The smallest absolute Gasteiger partial charge is 0.230 e. The van der Waals surface area contributed by atoms with Crippen molar-refractivity contribution in [1.29, 1.82) is 0 Å². The Morgan fingerprint density at radius 2 is 1.94 bits per heavy atom. The van der Waals surface area contributed by atoms with Gasteiger partial charge in [0.1, 0.15) is 0 Å². The first-order valence-corrected chi connectivity index (χ1v) is 6.34. The summed E-state index contributed by atoms with van der Waals surface area (Å²) in [5.41, 5.74) is 0.713. The molecule has 1 fully saturated rings. The number of rotatable bonds is 3. The Bertz CT molecular complexity index is 369. The van der Waals surface area contributed by atoms with Crippen LogP contribution in [0.3, 0.4) is 0 Å². The lowest BCUT2D eigenvalue weighted by Crippen LogP contribution is -2.44. The summed E-state index contributed by atoms with van der Waals surface area (Å²) in [5, 5.41) is 6.35. The van der Waals surface area contributed by atoms with Gasteiger partial charge in [-0.1, -0.05) is 25.1 Å². The molecule has 3 heteroatoms. The van der Waals surface area contributed by atoms with E-state index >= 15 is 0 Å². The molecule has 0 aliphatic carbocycles. The molecule has 0 aromatic heterocycles. The fourth-order valence-corrected chi connectivity index (χ4v) is 2.43. The third kappa shape index (κ3) is 2.67. The van der Waals surface area contributed by atoms with Crippen LogP contribution >= 0.6 is 0 Å². The average molecular weight is 232 g/mol. The summed E-state index contributed by atoms with van der Waals surface area (Å²) in [7, 11) is 0. The highest BCUT2D eigenvalue weighted by molar-refractivity contribution is 5.95. The summed E-state index contributed by atoms with van der Waals surface area (Å²) in [5.74, 6) is 0.174. The van der Waals surface area contributed by atoms with Gasteiger partial charge in [-0.05, 0) is 44.5 Å². The van der Waals surface area contributed by atoms with Gasteiger partial charge >= 0.3 is 0 Å². The van der Waals surface area contributed by atoms with Gasteiger partial charge in [-0.3, -0.25) is 4.79 Å². The minimum absolute atomic E-state index is 0.174. The van der Waals surface area contributed by atoms with Crippen LogP contribution in [0.15, 0.2) is 30.3 Å². The quantitative estimate of drug-likeness (QED) is 0.840. The number of hydrogen-bond donors (Lipinski definition) is 2. The topological polar surface area (TPSA) is 41.1 Å². The summed E-state index contributed by atoms with van der Waals surface area (Å²) >= 11 is 0. The maximum absolute atomic E-state index is 12.4. The van der Waals surface area contributed by atoms with Crippen molar-refractivity contribution in [3.05, 3.63) is 30.3 Å². The van der Waals surface area contributed by atoms with Gasteiger partial charge in [-0.25, -0.2) is 0 Å². The molecular formula is C14H20N2O. The zero-order valence-electron chi connectivity index (χ0n) is 10.3. The van der Waals surface area contributed by atoms with Gasteiger partial charge in [0.15, 0.2) is 0 Å². The Labute approximate surface area is 103 Å². The van der Waals surface area contributed by atoms with Crippen LogP contribution in [0, 0.1) is 5.41 Å². The number of carbonyl (C=O) groups excluding carboxylic acids is 1. The zero-order valence-corrected chi connectivity index (χ0v) is 10.3. The second kappa shape index (κ2) is 5.32. The van der Waals surface area contributed by atoms with Crippen LogP contribution in [0.2, 0.25) is 0 Å². The first-order valence-electron chi connectivity index (χ1n) is 6.34. The van der Waals surface area contributed by atoms with Crippen LogP contribution in [0.25, 0.3) is 0 Å². The monoisotopic (exact) mass is 232 g/mol. The van der Waals surface area contributed by atoms with Gasteiger partial charge in [0, 0.05) is 5.69 Å². The fraction of sp³-hybridized carbons (Fsp3) is 0.500. The van der Waals surface area contributed by atoms with E-state index in [2.05, 4.69) is 17.6 Å². The largest absolute Gasteiger partial charge is 0.326 e. The lowest BCUT2D eigenvalue weighted by molar-refractivity contribution is -0.127. The molecule has 1 aliphatic rings. The molecule has 1 amide bonds. The molecule has 0 bridgehead atoms. The highest BCUT2D eigenvalue weighted by Gasteiger charge is 2.37. The van der Waals surface area contributed by atoms with Gasteiger partial charge in [0.2, 0.25) is 5.91 Å². The minimum atomic E-state index is -0.179. The van der Waals surface area contributed by atoms with E-state index in [1.165, 1.54) is 0 Å². The summed E-state index contributed by atoms with van der Waals surface area (Å²) in [4.78, 5) is 12.4. The molecule has 2 rings (SSSR count). The van der Waals surface area contributed by atoms with Crippen molar-refractivity contribution in [2.45, 2.75) is 26.2 Å². The van der Waals surface area contributed by atoms with Crippen LogP contribution in [0.1, 0.15) is 26.2 Å². The van der Waals surface area contributed by atoms with E-state index in [4.69, 9.17) is 0 Å². The van der Waals surface area contributed by atoms with Gasteiger partial charge in [-0.2, -0.15) is 0 Å². The van der Waals surface area contributed by atoms with Crippen molar-refractivity contribution in [1.82, 2.24) is 5.32 Å². The average Bonchev–Trinajstić information content (AvgIpc) is 2.40. The molecule has 0 spiro atoms. The third-order valence-corrected chi connectivity index (χ3v) is 3.75. The van der Waals surface area contributed by atoms with Crippen molar-refractivity contribution < 1.29 is 4.79 Å². The highest BCUT2D eigenvalue weighted by atomic mass is 16.2. The first-order chi connectivity index (χ1) is 8.27. The molecule has 0 saturated carbocycles. The molecule has 1 heterocycles. The molecule has 3 nitrogen and oxygen atoms in total. The van der Waals surface area contributed by atoms with Crippen molar-refractivity contribution in [3.63, 3.8) is 0 Å². The van der Waals surface area contributed by atoms with Gasteiger partial charge in [0.05, 0.1) is 5.41 Å². The molecular weight excluding hydrogens is 212 g/mol. The summed E-state index contributed by atoms with van der Waals surface area (Å²) in [6.45, 7) is 3.99. The highest BCUT2D eigenvalue weighted by Crippen LogP contribution is 2.33. The lowest BCUT2D eigenvalue weighted by Gasteiger charge is -2.35. The maximum atomic E-state index is 12.4.